The molecule has 6 nitrogen and oxygen atoms in total. The van der Waals surface area contributed by atoms with Gasteiger partial charge in [0.15, 0.2) is 5.65 Å². The van der Waals surface area contributed by atoms with Crippen molar-refractivity contribution < 1.29 is 4.74 Å². The Labute approximate surface area is 123 Å². The highest BCUT2D eigenvalue weighted by Gasteiger charge is 2.20. The Morgan fingerprint density at radius 1 is 1.48 bits per heavy atom. The van der Waals surface area contributed by atoms with Crippen LogP contribution in [0, 0.1) is 0 Å². The number of aryl methyl sites for hydroxylation is 1. The van der Waals surface area contributed by atoms with Gasteiger partial charge in [-0.3, -0.25) is 0 Å². The molecule has 0 radical (unpaired) electrons. The second kappa shape index (κ2) is 5.60. The fraction of sp³-hybridized carbons (Fsp3) is 0.667. The quantitative estimate of drug-likeness (QED) is 0.860. The molecule has 0 bridgehead atoms. The van der Waals surface area contributed by atoms with Crippen molar-refractivity contribution >= 4 is 5.65 Å². The maximum atomic E-state index is 12.6. The van der Waals surface area contributed by atoms with Gasteiger partial charge in [-0.1, -0.05) is 20.8 Å². The van der Waals surface area contributed by atoms with Crippen LogP contribution in [-0.4, -0.2) is 31.9 Å². The van der Waals surface area contributed by atoms with E-state index in [4.69, 9.17) is 4.74 Å². The van der Waals surface area contributed by atoms with Gasteiger partial charge in [0.2, 0.25) is 0 Å². The van der Waals surface area contributed by atoms with Crippen molar-refractivity contribution in [3.05, 3.63) is 28.1 Å². The summed E-state index contributed by atoms with van der Waals surface area (Å²) in [5.41, 5.74) is 1.55. The fourth-order valence-electron chi connectivity index (χ4n) is 2.78. The molecule has 0 spiro atoms. The summed E-state index contributed by atoms with van der Waals surface area (Å²) in [4.78, 5) is 17.2. The van der Waals surface area contributed by atoms with Crippen molar-refractivity contribution in [3.63, 3.8) is 0 Å². The topological polar surface area (TPSA) is 61.4 Å². The number of fused-ring (bicyclic) bond motifs is 1. The predicted octanol–water partition coefficient (Wildman–Crippen LogP) is 1.76. The molecule has 1 aliphatic heterocycles. The van der Waals surface area contributed by atoms with Crippen LogP contribution in [0.1, 0.15) is 51.0 Å². The molecule has 1 aliphatic rings. The molecule has 0 aromatic carbocycles. The van der Waals surface area contributed by atoms with Crippen LogP contribution in [-0.2, 0) is 17.7 Å². The molecule has 0 aliphatic carbocycles. The zero-order valence-electron chi connectivity index (χ0n) is 12.9. The predicted molar refractivity (Wildman–Crippen MR) is 79.7 cm³/mol. The van der Waals surface area contributed by atoms with Gasteiger partial charge < -0.3 is 4.74 Å². The Hall–Kier alpha value is -1.69. The summed E-state index contributed by atoms with van der Waals surface area (Å²) in [7, 11) is 0. The normalized spacial score (nSPS) is 19.0. The highest BCUT2D eigenvalue weighted by molar-refractivity contribution is 5.39. The lowest BCUT2D eigenvalue weighted by atomic mass is 10.2. The van der Waals surface area contributed by atoms with Crippen LogP contribution in [0.3, 0.4) is 0 Å². The minimum Gasteiger partial charge on any atom is -0.376 e. The van der Waals surface area contributed by atoms with Crippen LogP contribution in [0.4, 0.5) is 0 Å². The minimum atomic E-state index is -0.112. The van der Waals surface area contributed by atoms with E-state index in [0.717, 1.165) is 37.4 Å². The maximum Gasteiger partial charge on any atom is 0.351 e. The Morgan fingerprint density at radius 3 is 2.90 bits per heavy atom. The summed E-state index contributed by atoms with van der Waals surface area (Å²) in [6.07, 6.45) is 3.00. The number of rotatable bonds is 4. The molecule has 0 N–H and O–H groups in total. The van der Waals surface area contributed by atoms with E-state index in [-0.39, 0.29) is 17.7 Å². The number of hydrogen-bond donors (Lipinski definition) is 0. The first kappa shape index (κ1) is 14.3. The Morgan fingerprint density at radius 2 is 2.29 bits per heavy atom. The Balaban J connectivity index is 2.09. The lowest BCUT2D eigenvalue weighted by molar-refractivity contribution is 0.0931. The lowest BCUT2D eigenvalue weighted by Gasteiger charge is -2.08. The van der Waals surface area contributed by atoms with Crippen LogP contribution in [0.5, 0.6) is 0 Å². The summed E-state index contributed by atoms with van der Waals surface area (Å²) in [5.74, 6) is 0.963. The van der Waals surface area contributed by atoms with Crippen LogP contribution in [0.25, 0.3) is 5.65 Å². The van der Waals surface area contributed by atoms with E-state index in [0.29, 0.717) is 12.2 Å². The molecule has 114 valence electrons. The first-order chi connectivity index (χ1) is 10.1. The van der Waals surface area contributed by atoms with E-state index in [1.807, 2.05) is 19.9 Å². The fourth-order valence-corrected chi connectivity index (χ4v) is 2.78. The van der Waals surface area contributed by atoms with Gasteiger partial charge in [0.05, 0.1) is 12.6 Å². The summed E-state index contributed by atoms with van der Waals surface area (Å²) in [5, 5.41) is 4.47. The summed E-state index contributed by atoms with van der Waals surface area (Å²) < 4.78 is 8.77. The molecule has 0 unspecified atom stereocenters. The van der Waals surface area contributed by atoms with Gasteiger partial charge in [-0.25, -0.2) is 18.9 Å². The van der Waals surface area contributed by atoms with E-state index in [2.05, 4.69) is 17.0 Å². The Kier molecular flexibility index (Phi) is 3.80. The summed E-state index contributed by atoms with van der Waals surface area (Å²) in [6, 6.07) is 1.90. The zero-order chi connectivity index (χ0) is 15.0. The maximum absolute atomic E-state index is 12.6. The highest BCUT2D eigenvalue weighted by atomic mass is 16.5. The summed E-state index contributed by atoms with van der Waals surface area (Å²) in [6.45, 7) is 7.46. The highest BCUT2D eigenvalue weighted by Crippen LogP contribution is 2.16. The molecule has 3 rings (SSSR count). The third-order valence-corrected chi connectivity index (χ3v) is 3.93. The number of aromatic nitrogens is 4. The van der Waals surface area contributed by atoms with E-state index < -0.39 is 0 Å². The second-order valence-corrected chi connectivity index (χ2v) is 5.91. The van der Waals surface area contributed by atoms with Crippen molar-refractivity contribution in [1.82, 2.24) is 19.2 Å². The first-order valence-corrected chi connectivity index (χ1v) is 7.71. The zero-order valence-corrected chi connectivity index (χ0v) is 12.9. The van der Waals surface area contributed by atoms with E-state index in [9.17, 15) is 4.79 Å². The molecular weight excluding hydrogens is 268 g/mol. The molecule has 1 fully saturated rings. The van der Waals surface area contributed by atoms with Gasteiger partial charge in [0.25, 0.3) is 0 Å². The molecule has 2 aromatic heterocycles. The molecule has 21 heavy (non-hydrogen) atoms. The molecule has 3 heterocycles. The molecule has 2 aromatic rings. The van der Waals surface area contributed by atoms with Gasteiger partial charge in [-0.15, -0.1) is 5.10 Å². The van der Waals surface area contributed by atoms with Crippen LogP contribution >= 0.6 is 0 Å². The SMILES string of the molecule is CCc1cc2nn(C[C@@H]3CCCO3)c(=O)n2c(C(C)C)n1. The molecule has 0 amide bonds. The standard InChI is InChI=1S/C15H22N4O2/c1-4-11-8-13-17-18(9-12-6-5-7-21-12)15(20)19(13)14(16-11)10(2)3/h8,10,12H,4-7,9H2,1-3H3/t12-/m0/s1. The molecule has 1 atom stereocenters. The van der Waals surface area contributed by atoms with Crippen molar-refractivity contribution in [2.24, 2.45) is 0 Å². The van der Waals surface area contributed by atoms with Crippen molar-refractivity contribution in [1.29, 1.82) is 0 Å². The van der Waals surface area contributed by atoms with Crippen LogP contribution in [0.15, 0.2) is 10.9 Å². The van der Waals surface area contributed by atoms with Gasteiger partial charge in [0, 0.05) is 24.3 Å². The lowest BCUT2D eigenvalue weighted by Crippen LogP contribution is -2.28. The first-order valence-electron chi connectivity index (χ1n) is 7.71. The van der Waals surface area contributed by atoms with Gasteiger partial charge in [-0.2, -0.15) is 0 Å². The number of hydrogen-bond acceptors (Lipinski definition) is 4. The van der Waals surface area contributed by atoms with E-state index >= 15 is 0 Å². The average Bonchev–Trinajstić information content (AvgIpc) is 3.07. The van der Waals surface area contributed by atoms with Crippen molar-refractivity contribution in [2.45, 2.75) is 58.6 Å². The van der Waals surface area contributed by atoms with Gasteiger partial charge in [-0.05, 0) is 19.3 Å². The minimum absolute atomic E-state index is 0.105. The van der Waals surface area contributed by atoms with Crippen molar-refractivity contribution in [3.8, 4) is 0 Å². The molecule has 6 heteroatoms. The monoisotopic (exact) mass is 290 g/mol. The van der Waals surface area contributed by atoms with E-state index in [1.54, 1.807) is 4.40 Å². The summed E-state index contributed by atoms with van der Waals surface area (Å²) >= 11 is 0. The number of nitrogens with zero attached hydrogens (tertiary/aromatic N) is 4. The van der Waals surface area contributed by atoms with Gasteiger partial charge >= 0.3 is 5.69 Å². The Bertz CT molecular complexity index is 695. The smallest absolute Gasteiger partial charge is 0.351 e. The second-order valence-electron chi connectivity index (χ2n) is 5.91. The van der Waals surface area contributed by atoms with E-state index in [1.165, 1.54) is 4.68 Å². The van der Waals surface area contributed by atoms with Crippen LogP contribution < -0.4 is 5.69 Å². The molecule has 1 saturated heterocycles. The molecular formula is C15H22N4O2. The van der Waals surface area contributed by atoms with Crippen LogP contribution in [0.2, 0.25) is 0 Å². The average molecular weight is 290 g/mol. The molecule has 0 saturated carbocycles. The number of ether oxygens (including phenoxy) is 1. The van der Waals surface area contributed by atoms with Gasteiger partial charge in [0.1, 0.15) is 5.82 Å². The third-order valence-electron chi connectivity index (χ3n) is 3.93. The largest absolute Gasteiger partial charge is 0.376 e. The van der Waals surface area contributed by atoms with Crippen molar-refractivity contribution in [2.75, 3.05) is 6.61 Å². The third kappa shape index (κ3) is 2.60.